The second-order valence-corrected chi connectivity index (χ2v) is 5.80. The average molecular weight is 296 g/mol. The number of nitrogens with zero attached hydrogens (tertiary/aromatic N) is 1. The molecule has 1 fully saturated rings. The maximum absolute atomic E-state index is 11.8. The van der Waals surface area contributed by atoms with Crippen LogP contribution in [0.5, 0.6) is 0 Å². The van der Waals surface area contributed by atoms with Crippen molar-refractivity contribution in [3.63, 3.8) is 0 Å². The molecule has 1 aliphatic rings. The number of nitrogens with one attached hydrogen (secondary N) is 2. The van der Waals surface area contributed by atoms with Crippen LogP contribution in [0.1, 0.15) is 25.3 Å². The fourth-order valence-corrected chi connectivity index (χ4v) is 2.58. The van der Waals surface area contributed by atoms with Crippen molar-refractivity contribution in [2.75, 3.05) is 25.0 Å². The molecule has 2 rings (SSSR count). The van der Waals surface area contributed by atoms with E-state index in [1.165, 1.54) is 12.8 Å². The van der Waals surface area contributed by atoms with E-state index in [0.29, 0.717) is 23.3 Å². The van der Waals surface area contributed by atoms with Crippen LogP contribution in [0, 0.1) is 6.92 Å². The molecule has 2 amide bonds. The van der Waals surface area contributed by atoms with Crippen molar-refractivity contribution in [2.24, 2.45) is 0 Å². The number of rotatable bonds is 4. The van der Waals surface area contributed by atoms with Gasteiger partial charge in [0.25, 0.3) is 0 Å². The molecule has 0 spiro atoms. The summed E-state index contributed by atoms with van der Waals surface area (Å²) in [5.74, 6) is 0. The molecule has 20 heavy (non-hydrogen) atoms. The molecule has 0 aromatic heterocycles. The molecule has 1 saturated heterocycles. The Morgan fingerprint density at radius 3 is 2.75 bits per heavy atom. The minimum Gasteiger partial charge on any atom is -0.336 e. The first-order valence-electron chi connectivity index (χ1n) is 7.11. The van der Waals surface area contributed by atoms with Gasteiger partial charge in [0, 0.05) is 23.3 Å². The molecule has 1 aromatic rings. The van der Waals surface area contributed by atoms with Crippen molar-refractivity contribution in [3.8, 4) is 0 Å². The van der Waals surface area contributed by atoms with Gasteiger partial charge in [-0.15, -0.1) is 0 Å². The Morgan fingerprint density at radius 2 is 2.10 bits per heavy atom. The number of aryl methyl sites for hydroxylation is 1. The van der Waals surface area contributed by atoms with Crippen molar-refractivity contribution < 1.29 is 4.79 Å². The van der Waals surface area contributed by atoms with Crippen LogP contribution in [0.25, 0.3) is 0 Å². The summed E-state index contributed by atoms with van der Waals surface area (Å²) in [5, 5.41) is 6.37. The highest BCUT2D eigenvalue weighted by Crippen LogP contribution is 2.19. The molecule has 1 atom stereocenters. The second-order valence-electron chi connectivity index (χ2n) is 5.39. The summed E-state index contributed by atoms with van der Waals surface area (Å²) < 4.78 is 0. The second kappa shape index (κ2) is 6.95. The number of urea groups is 1. The number of benzene rings is 1. The molecule has 110 valence electrons. The summed E-state index contributed by atoms with van der Waals surface area (Å²) in [7, 11) is 0. The fraction of sp³-hybridized carbons (Fsp3) is 0.533. The van der Waals surface area contributed by atoms with Crippen LogP contribution < -0.4 is 10.6 Å². The zero-order valence-electron chi connectivity index (χ0n) is 12.1. The summed E-state index contributed by atoms with van der Waals surface area (Å²) in [4.78, 5) is 14.2. The van der Waals surface area contributed by atoms with E-state index in [9.17, 15) is 4.79 Å². The van der Waals surface area contributed by atoms with E-state index in [0.717, 1.165) is 18.7 Å². The highest BCUT2D eigenvalue weighted by Gasteiger charge is 2.18. The third-order valence-electron chi connectivity index (χ3n) is 3.75. The Morgan fingerprint density at radius 1 is 1.40 bits per heavy atom. The Hall–Kier alpha value is -1.26. The molecule has 2 N–H and O–H groups in total. The lowest BCUT2D eigenvalue weighted by molar-refractivity contribution is 0.234. The average Bonchev–Trinajstić information content (AvgIpc) is 2.94. The lowest BCUT2D eigenvalue weighted by Crippen LogP contribution is -2.42. The minimum absolute atomic E-state index is 0.184. The number of hydrogen-bond donors (Lipinski definition) is 2. The van der Waals surface area contributed by atoms with E-state index >= 15 is 0 Å². The summed E-state index contributed by atoms with van der Waals surface area (Å²) in [6.07, 6.45) is 2.52. The molecular formula is C15H22ClN3O. The van der Waals surface area contributed by atoms with E-state index in [4.69, 9.17) is 11.6 Å². The maximum atomic E-state index is 11.8. The van der Waals surface area contributed by atoms with Crippen LogP contribution in [0.4, 0.5) is 10.5 Å². The smallest absolute Gasteiger partial charge is 0.319 e. The molecule has 0 aliphatic carbocycles. The van der Waals surface area contributed by atoms with Crippen LogP contribution in [0.3, 0.4) is 0 Å². The first kappa shape index (κ1) is 15.1. The lowest BCUT2D eigenvalue weighted by Gasteiger charge is -2.23. The molecule has 4 nitrogen and oxygen atoms in total. The highest BCUT2D eigenvalue weighted by molar-refractivity contribution is 6.31. The first-order valence-corrected chi connectivity index (χ1v) is 7.49. The van der Waals surface area contributed by atoms with Crippen molar-refractivity contribution in [1.29, 1.82) is 0 Å². The number of carbonyl (C=O) groups excluding carboxylic acids is 1. The quantitative estimate of drug-likeness (QED) is 0.895. The monoisotopic (exact) mass is 295 g/mol. The Balaban J connectivity index is 1.78. The van der Waals surface area contributed by atoms with Crippen LogP contribution in [0.15, 0.2) is 18.2 Å². The Labute approximate surface area is 125 Å². The van der Waals surface area contributed by atoms with Gasteiger partial charge in [-0.2, -0.15) is 0 Å². The number of amides is 2. The number of halogens is 1. The number of hydrogen-bond acceptors (Lipinski definition) is 2. The maximum Gasteiger partial charge on any atom is 0.319 e. The molecule has 1 heterocycles. The zero-order chi connectivity index (χ0) is 14.5. The van der Waals surface area contributed by atoms with E-state index in [1.807, 2.05) is 19.1 Å². The molecule has 0 unspecified atom stereocenters. The molecule has 1 aliphatic heterocycles. The van der Waals surface area contributed by atoms with E-state index in [-0.39, 0.29) is 6.03 Å². The van der Waals surface area contributed by atoms with Gasteiger partial charge >= 0.3 is 6.03 Å². The third kappa shape index (κ3) is 4.12. The topological polar surface area (TPSA) is 44.4 Å². The van der Waals surface area contributed by atoms with Gasteiger partial charge in [0.15, 0.2) is 0 Å². The van der Waals surface area contributed by atoms with Gasteiger partial charge in [0.05, 0.1) is 0 Å². The number of anilines is 1. The van der Waals surface area contributed by atoms with Gasteiger partial charge < -0.3 is 10.6 Å². The number of carbonyl (C=O) groups is 1. The molecule has 0 bridgehead atoms. The Kier molecular flexibility index (Phi) is 5.26. The highest BCUT2D eigenvalue weighted by atomic mass is 35.5. The normalized spacial score (nSPS) is 16.9. The van der Waals surface area contributed by atoms with Gasteiger partial charge in [-0.3, -0.25) is 4.90 Å². The summed E-state index contributed by atoms with van der Waals surface area (Å²) in [6, 6.07) is 5.70. The molecule has 0 saturated carbocycles. The van der Waals surface area contributed by atoms with Crippen molar-refractivity contribution in [3.05, 3.63) is 28.8 Å². The fourth-order valence-electron chi connectivity index (χ4n) is 2.40. The van der Waals surface area contributed by atoms with Gasteiger partial charge in [0.1, 0.15) is 0 Å². The van der Waals surface area contributed by atoms with E-state index in [2.05, 4.69) is 22.5 Å². The van der Waals surface area contributed by atoms with Gasteiger partial charge in [0.2, 0.25) is 0 Å². The van der Waals surface area contributed by atoms with Crippen LogP contribution >= 0.6 is 11.6 Å². The standard InChI is InChI=1S/C15H22ClN3O/c1-11-5-6-13(9-14(11)16)18-15(20)17-10-12(2)19-7-3-4-8-19/h5-6,9,12H,3-4,7-8,10H2,1-2H3,(H2,17,18,20)/t12-/m0/s1. The zero-order valence-corrected chi connectivity index (χ0v) is 12.8. The summed E-state index contributed by atoms with van der Waals surface area (Å²) in [5.41, 5.74) is 1.72. The van der Waals surface area contributed by atoms with Crippen molar-refractivity contribution >= 4 is 23.3 Å². The molecule has 5 heteroatoms. The van der Waals surface area contributed by atoms with Gasteiger partial charge in [-0.1, -0.05) is 17.7 Å². The van der Waals surface area contributed by atoms with Crippen LogP contribution in [-0.2, 0) is 0 Å². The van der Waals surface area contributed by atoms with E-state index in [1.54, 1.807) is 6.07 Å². The Bertz CT molecular complexity index is 472. The predicted molar refractivity (Wildman–Crippen MR) is 83.5 cm³/mol. The first-order chi connectivity index (χ1) is 9.56. The third-order valence-corrected chi connectivity index (χ3v) is 4.16. The van der Waals surface area contributed by atoms with Gasteiger partial charge in [-0.05, 0) is 57.5 Å². The summed E-state index contributed by atoms with van der Waals surface area (Å²) >= 11 is 6.03. The van der Waals surface area contributed by atoms with E-state index < -0.39 is 0 Å². The SMILES string of the molecule is Cc1ccc(NC(=O)NC[C@H](C)N2CCCC2)cc1Cl. The largest absolute Gasteiger partial charge is 0.336 e. The van der Waals surface area contributed by atoms with Crippen molar-refractivity contribution in [2.45, 2.75) is 32.7 Å². The predicted octanol–water partition coefficient (Wildman–Crippen LogP) is 3.25. The van der Waals surface area contributed by atoms with Crippen LogP contribution in [-0.4, -0.2) is 36.6 Å². The minimum atomic E-state index is -0.184. The summed E-state index contributed by atoms with van der Waals surface area (Å²) in [6.45, 7) is 7.01. The molecule has 0 radical (unpaired) electrons. The number of likely N-dealkylation sites (tertiary alicyclic amines) is 1. The van der Waals surface area contributed by atoms with Crippen LogP contribution in [0.2, 0.25) is 5.02 Å². The van der Waals surface area contributed by atoms with Gasteiger partial charge in [-0.25, -0.2) is 4.79 Å². The molecular weight excluding hydrogens is 274 g/mol. The van der Waals surface area contributed by atoms with Crippen molar-refractivity contribution in [1.82, 2.24) is 10.2 Å². The lowest BCUT2D eigenvalue weighted by atomic mass is 10.2. The molecule has 1 aromatic carbocycles.